The van der Waals surface area contributed by atoms with Crippen LogP contribution >= 0.6 is 0 Å². The Morgan fingerprint density at radius 2 is 1.63 bits per heavy atom. The van der Waals surface area contributed by atoms with Gasteiger partial charge in [-0.3, -0.25) is 4.79 Å². The summed E-state index contributed by atoms with van der Waals surface area (Å²) in [7, 11) is 0. The summed E-state index contributed by atoms with van der Waals surface area (Å²) in [6.45, 7) is 0. The van der Waals surface area contributed by atoms with Gasteiger partial charge in [0, 0.05) is 24.9 Å². The van der Waals surface area contributed by atoms with Gasteiger partial charge in [0.05, 0.1) is 0 Å². The zero-order chi connectivity index (χ0) is 20.3. The van der Waals surface area contributed by atoms with Crippen molar-refractivity contribution in [2.45, 2.75) is 120 Å². The van der Waals surface area contributed by atoms with Crippen LogP contribution in [0.5, 0.6) is 0 Å². The fraction of sp³-hybridized carbons (Fsp3) is 0.960. The summed E-state index contributed by atoms with van der Waals surface area (Å²) >= 11 is 0. The van der Waals surface area contributed by atoms with E-state index >= 15 is 0 Å². The Morgan fingerprint density at radius 1 is 0.933 bits per heavy atom. The maximum atomic E-state index is 12.7. The molecule has 0 aromatic carbocycles. The lowest BCUT2D eigenvalue weighted by molar-refractivity contribution is -0.386. The van der Waals surface area contributed by atoms with Crippen molar-refractivity contribution in [1.29, 1.82) is 0 Å². The fourth-order valence-electron chi connectivity index (χ4n) is 8.80. The van der Waals surface area contributed by atoms with Gasteiger partial charge in [-0.05, 0) is 107 Å². The Morgan fingerprint density at radius 3 is 2.33 bits per heavy atom. The molecule has 0 unspecified atom stereocenters. The van der Waals surface area contributed by atoms with Crippen molar-refractivity contribution in [2.75, 3.05) is 0 Å². The molecule has 0 radical (unpaired) electrons. The van der Waals surface area contributed by atoms with Crippen molar-refractivity contribution in [3.05, 3.63) is 0 Å². The summed E-state index contributed by atoms with van der Waals surface area (Å²) < 4.78 is 0. The van der Waals surface area contributed by atoms with Gasteiger partial charge in [0.1, 0.15) is 11.2 Å². The van der Waals surface area contributed by atoms with E-state index < -0.39 is 0 Å². The molecule has 7 rings (SSSR count). The summed E-state index contributed by atoms with van der Waals surface area (Å²) in [5.74, 6) is 4.01. The molecule has 4 bridgehead atoms. The molecule has 0 aromatic heterocycles. The fourth-order valence-corrected chi connectivity index (χ4v) is 8.80. The standard InChI is InChI=1S/C25H40N2O3/c26-21-3-5-22(6-4-21)27-23(28)13-16-2-1-7-24(14-16)15-25(30-29-24)19-9-17-8-18(11-19)12-20(25)10-17/h16-22H,1-15,26H2,(H,27,28)/t16-,17?,18?,19?,20?,21-,22-,24+,25?/m0/s1. The quantitative estimate of drug-likeness (QED) is 0.675. The molecule has 7 aliphatic rings. The molecule has 3 N–H and O–H groups in total. The van der Waals surface area contributed by atoms with Crippen molar-refractivity contribution < 1.29 is 14.6 Å². The van der Waals surface area contributed by atoms with Crippen molar-refractivity contribution in [3.8, 4) is 0 Å². The van der Waals surface area contributed by atoms with Crippen LogP contribution in [0.1, 0.15) is 96.3 Å². The molecule has 2 atom stereocenters. The molecular formula is C25H40N2O3. The highest BCUT2D eigenvalue weighted by Gasteiger charge is 2.65. The minimum Gasteiger partial charge on any atom is -0.353 e. The smallest absolute Gasteiger partial charge is 0.220 e. The lowest BCUT2D eigenvalue weighted by Crippen LogP contribution is -2.58. The van der Waals surface area contributed by atoms with Crippen LogP contribution in [0, 0.1) is 29.6 Å². The highest BCUT2D eigenvalue weighted by molar-refractivity contribution is 5.76. The third-order valence-electron chi connectivity index (χ3n) is 10.0. The van der Waals surface area contributed by atoms with E-state index in [-0.39, 0.29) is 17.1 Å². The van der Waals surface area contributed by atoms with E-state index in [1.165, 1.54) is 32.1 Å². The Balaban J connectivity index is 1.08. The van der Waals surface area contributed by atoms with Crippen LogP contribution in [-0.4, -0.2) is 29.2 Å². The molecule has 2 spiro atoms. The van der Waals surface area contributed by atoms with Gasteiger partial charge in [-0.2, -0.15) is 0 Å². The van der Waals surface area contributed by atoms with Gasteiger partial charge in [0.2, 0.25) is 5.91 Å². The second-order valence-electron chi connectivity index (χ2n) is 12.1. The molecule has 1 heterocycles. The first kappa shape index (κ1) is 20.0. The minimum absolute atomic E-state index is 0.00156. The molecule has 5 heteroatoms. The molecule has 0 aromatic rings. The molecule has 168 valence electrons. The highest BCUT2D eigenvalue weighted by atomic mass is 17.2. The minimum atomic E-state index is -0.129. The Labute approximate surface area is 181 Å². The number of nitrogens with two attached hydrogens (primary N) is 1. The second kappa shape index (κ2) is 7.45. The molecule has 6 aliphatic carbocycles. The van der Waals surface area contributed by atoms with Crippen LogP contribution in [-0.2, 0) is 14.6 Å². The number of hydrogen-bond donors (Lipinski definition) is 2. The molecule has 6 saturated carbocycles. The highest BCUT2D eigenvalue weighted by Crippen LogP contribution is 2.65. The van der Waals surface area contributed by atoms with Crippen LogP contribution in [0.4, 0.5) is 0 Å². The van der Waals surface area contributed by atoms with Crippen LogP contribution in [0.2, 0.25) is 0 Å². The van der Waals surface area contributed by atoms with Crippen molar-refractivity contribution in [1.82, 2.24) is 5.32 Å². The van der Waals surface area contributed by atoms with E-state index in [0.29, 0.717) is 24.4 Å². The third kappa shape index (κ3) is 3.44. The lowest BCUT2D eigenvalue weighted by atomic mass is 9.48. The number of nitrogens with one attached hydrogen (secondary N) is 1. The summed E-state index contributed by atoms with van der Waals surface area (Å²) in [6, 6.07) is 0.658. The maximum absolute atomic E-state index is 12.7. The first-order valence-electron chi connectivity index (χ1n) is 12.9. The summed E-state index contributed by atoms with van der Waals surface area (Å²) in [5, 5.41) is 3.30. The Hall–Kier alpha value is -0.650. The monoisotopic (exact) mass is 416 g/mol. The zero-order valence-corrected chi connectivity index (χ0v) is 18.5. The van der Waals surface area contributed by atoms with Gasteiger partial charge in [0.15, 0.2) is 0 Å². The zero-order valence-electron chi connectivity index (χ0n) is 18.5. The number of carbonyl (C=O) groups excluding carboxylic acids is 1. The average Bonchev–Trinajstić information content (AvgIpc) is 3.07. The molecule has 1 aliphatic heterocycles. The van der Waals surface area contributed by atoms with E-state index in [4.69, 9.17) is 15.5 Å². The molecule has 7 fully saturated rings. The molecule has 30 heavy (non-hydrogen) atoms. The number of rotatable bonds is 3. The van der Waals surface area contributed by atoms with Gasteiger partial charge >= 0.3 is 0 Å². The molecular weight excluding hydrogens is 376 g/mol. The van der Waals surface area contributed by atoms with Gasteiger partial charge in [-0.25, -0.2) is 9.78 Å². The number of amides is 1. The van der Waals surface area contributed by atoms with Crippen molar-refractivity contribution in [2.24, 2.45) is 35.3 Å². The van der Waals surface area contributed by atoms with E-state index in [2.05, 4.69) is 5.32 Å². The predicted molar refractivity (Wildman–Crippen MR) is 114 cm³/mol. The second-order valence-corrected chi connectivity index (χ2v) is 12.1. The largest absolute Gasteiger partial charge is 0.353 e. The van der Waals surface area contributed by atoms with Gasteiger partial charge in [-0.1, -0.05) is 6.42 Å². The first-order valence-corrected chi connectivity index (χ1v) is 12.9. The number of carbonyl (C=O) groups is 1. The summed E-state index contributed by atoms with van der Waals surface area (Å²) in [4.78, 5) is 25.4. The summed E-state index contributed by atoms with van der Waals surface area (Å²) in [5.41, 5.74) is 5.88. The van der Waals surface area contributed by atoms with E-state index in [1.54, 1.807) is 0 Å². The van der Waals surface area contributed by atoms with Crippen molar-refractivity contribution in [3.63, 3.8) is 0 Å². The van der Waals surface area contributed by atoms with Gasteiger partial charge in [0.25, 0.3) is 0 Å². The van der Waals surface area contributed by atoms with Crippen molar-refractivity contribution >= 4 is 5.91 Å². The topological polar surface area (TPSA) is 73.6 Å². The Kier molecular flexibility index (Phi) is 4.97. The van der Waals surface area contributed by atoms with E-state index in [0.717, 1.165) is 81.5 Å². The molecule has 1 saturated heterocycles. The van der Waals surface area contributed by atoms with Crippen LogP contribution in [0.3, 0.4) is 0 Å². The maximum Gasteiger partial charge on any atom is 0.220 e. The van der Waals surface area contributed by atoms with Crippen LogP contribution in [0.25, 0.3) is 0 Å². The molecule has 1 amide bonds. The molecule has 5 nitrogen and oxygen atoms in total. The normalized spacial score (nSPS) is 52.2. The van der Waals surface area contributed by atoms with Crippen LogP contribution < -0.4 is 11.1 Å². The summed E-state index contributed by atoms with van der Waals surface area (Å²) in [6.07, 6.45) is 17.2. The van der Waals surface area contributed by atoms with Gasteiger partial charge in [-0.15, -0.1) is 0 Å². The van der Waals surface area contributed by atoms with E-state index in [9.17, 15) is 4.79 Å². The number of hydrogen-bond acceptors (Lipinski definition) is 4. The first-order chi connectivity index (χ1) is 14.5. The predicted octanol–water partition coefficient (Wildman–Crippen LogP) is 4.24. The SMILES string of the molecule is N[C@H]1CC[C@H](NC(=O)C[C@@H]2CCC[C@@]3(C2)CC2(OO3)C3CC4CC(C3)CC2C4)CC1. The lowest BCUT2D eigenvalue weighted by Gasteiger charge is -2.58. The van der Waals surface area contributed by atoms with E-state index in [1.807, 2.05) is 0 Å². The van der Waals surface area contributed by atoms with Crippen LogP contribution in [0.15, 0.2) is 0 Å². The Bertz CT molecular complexity index is 645. The average molecular weight is 417 g/mol. The third-order valence-corrected chi connectivity index (χ3v) is 10.0. The van der Waals surface area contributed by atoms with Gasteiger partial charge < -0.3 is 11.1 Å².